The molecular formula is C16H26O2. The lowest BCUT2D eigenvalue weighted by molar-refractivity contribution is -0.136. The van der Waals surface area contributed by atoms with Crippen LogP contribution in [0.3, 0.4) is 0 Å². The molecule has 18 heavy (non-hydrogen) atoms. The number of hydrogen-bond acceptors (Lipinski definition) is 2. The van der Waals surface area contributed by atoms with E-state index in [9.17, 15) is 4.79 Å². The molecule has 0 bridgehead atoms. The molecule has 0 heterocycles. The van der Waals surface area contributed by atoms with Crippen molar-refractivity contribution in [3.63, 3.8) is 0 Å². The van der Waals surface area contributed by atoms with E-state index in [-0.39, 0.29) is 5.97 Å². The molecule has 0 radical (unpaired) electrons. The summed E-state index contributed by atoms with van der Waals surface area (Å²) in [5, 5.41) is 0. The molecule has 1 rings (SSSR count). The lowest BCUT2D eigenvalue weighted by Crippen LogP contribution is -2.04. The summed E-state index contributed by atoms with van der Waals surface area (Å²) in [7, 11) is 1.46. The van der Waals surface area contributed by atoms with E-state index in [0.29, 0.717) is 0 Å². The molecule has 0 fully saturated rings. The highest BCUT2D eigenvalue weighted by molar-refractivity contribution is 5.88. The van der Waals surface area contributed by atoms with Gasteiger partial charge in [0.1, 0.15) is 0 Å². The largest absolute Gasteiger partial charge is 0.466 e. The van der Waals surface area contributed by atoms with Gasteiger partial charge >= 0.3 is 5.97 Å². The fraction of sp³-hybridized carbons (Fsp3) is 0.688. The summed E-state index contributed by atoms with van der Waals surface area (Å²) in [6, 6.07) is 0. The summed E-state index contributed by atoms with van der Waals surface area (Å²) in [5.41, 5.74) is 0.811. The topological polar surface area (TPSA) is 26.3 Å². The van der Waals surface area contributed by atoms with Gasteiger partial charge in [-0.1, -0.05) is 56.8 Å². The van der Waals surface area contributed by atoms with Crippen LogP contribution in [0.5, 0.6) is 0 Å². The van der Waals surface area contributed by atoms with Gasteiger partial charge in [0.25, 0.3) is 0 Å². The van der Waals surface area contributed by atoms with Gasteiger partial charge < -0.3 is 4.74 Å². The van der Waals surface area contributed by atoms with E-state index in [4.69, 9.17) is 4.74 Å². The van der Waals surface area contributed by atoms with Gasteiger partial charge in [-0.05, 0) is 25.7 Å². The maximum Gasteiger partial charge on any atom is 0.333 e. The summed E-state index contributed by atoms with van der Waals surface area (Å²) in [6.45, 7) is 0. The van der Waals surface area contributed by atoms with Crippen molar-refractivity contribution in [2.24, 2.45) is 0 Å². The second kappa shape index (κ2) is 9.93. The van der Waals surface area contributed by atoms with E-state index < -0.39 is 0 Å². The third kappa shape index (κ3) is 6.63. The monoisotopic (exact) mass is 250 g/mol. The zero-order chi connectivity index (χ0) is 13.1. The summed E-state index contributed by atoms with van der Waals surface area (Å²) in [5.74, 6) is -0.174. The zero-order valence-electron chi connectivity index (χ0n) is 11.6. The predicted molar refractivity (Wildman–Crippen MR) is 75.4 cm³/mol. The Hall–Kier alpha value is -1.05. The molecule has 0 aromatic rings. The van der Waals surface area contributed by atoms with Crippen LogP contribution in [0.1, 0.15) is 64.2 Å². The van der Waals surface area contributed by atoms with Crippen molar-refractivity contribution in [1.29, 1.82) is 0 Å². The molecule has 0 N–H and O–H groups in total. The lowest BCUT2D eigenvalue weighted by atomic mass is 10.0. The van der Waals surface area contributed by atoms with E-state index in [1.54, 1.807) is 0 Å². The molecule has 0 atom stereocenters. The fourth-order valence-corrected chi connectivity index (χ4v) is 2.30. The maximum atomic E-state index is 11.6. The van der Waals surface area contributed by atoms with Crippen LogP contribution in [-0.4, -0.2) is 13.1 Å². The number of carbonyl (C=O) groups excluding carboxylic acids is 1. The SMILES string of the molecule is COC(=O)/C1=C/C=C/CCCCCCCCCC1. The molecule has 0 spiro atoms. The number of ether oxygens (including phenoxy) is 1. The highest BCUT2D eigenvalue weighted by atomic mass is 16.5. The van der Waals surface area contributed by atoms with Crippen molar-refractivity contribution in [1.82, 2.24) is 0 Å². The van der Waals surface area contributed by atoms with Crippen molar-refractivity contribution in [2.45, 2.75) is 64.2 Å². The van der Waals surface area contributed by atoms with Crippen LogP contribution in [0.25, 0.3) is 0 Å². The van der Waals surface area contributed by atoms with Crippen LogP contribution < -0.4 is 0 Å². The zero-order valence-corrected chi connectivity index (χ0v) is 11.6. The highest BCUT2D eigenvalue weighted by Gasteiger charge is 2.07. The third-order valence-electron chi connectivity index (χ3n) is 3.45. The van der Waals surface area contributed by atoms with Crippen LogP contribution in [0.4, 0.5) is 0 Å². The minimum Gasteiger partial charge on any atom is -0.466 e. The maximum absolute atomic E-state index is 11.6. The van der Waals surface area contributed by atoms with Gasteiger partial charge in [0.2, 0.25) is 0 Å². The van der Waals surface area contributed by atoms with Crippen molar-refractivity contribution >= 4 is 5.97 Å². The Morgan fingerprint density at radius 1 is 1.00 bits per heavy atom. The number of hydrogen-bond donors (Lipinski definition) is 0. The van der Waals surface area contributed by atoms with Crippen LogP contribution in [0.2, 0.25) is 0 Å². The molecule has 1 aliphatic carbocycles. The molecule has 0 aromatic heterocycles. The van der Waals surface area contributed by atoms with Crippen molar-refractivity contribution < 1.29 is 9.53 Å². The van der Waals surface area contributed by atoms with E-state index in [1.165, 1.54) is 52.1 Å². The summed E-state index contributed by atoms with van der Waals surface area (Å²) in [4.78, 5) is 11.6. The highest BCUT2D eigenvalue weighted by Crippen LogP contribution is 2.15. The summed E-state index contributed by atoms with van der Waals surface area (Å²) >= 11 is 0. The van der Waals surface area contributed by atoms with Crippen LogP contribution >= 0.6 is 0 Å². The third-order valence-corrected chi connectivity index (χ3v) is 3.45. The first-order chi connectivity index (χ1) is 8.84. The van der Waals surface area contributed by atoms with Crippen molar-refractivity contribution in [3.05, 3.63) is 23.8 Å². The fourth-order valence-electron chi connectivity index (χ4n) is 2.30. The van der Waals surface area contributed by atoms with Crippen LogP contribution in [0.15, 0.2) is 23.8 Å². The second-order valence-electron chi connectivity index (χ2n) is 4.98. The number of rotatable bonds is 1. The quantitative estimate of drug-likeness (QED) is 0.638. The van der Waals surface area contributed by atoms with Gasteiger partial charge in [-0.15, -0.1) is 0 Å². The molecule has 0 amide bonds. The van der Waals surface area contributed by atoms with Crippen molar-refractivity contribution in [2.75, 3.05) is 7.11 Å². The molecule has 0 unspecified atom stereocenters. The molecule has 1 aliphatic rings. The van der Waals surface area contributed by atoms with Gasteiger partial charge in [-0.3, -0.25) is 0 Å². The summed E-state index contributed by atoms with van der Waals surface area (Å²) in [6.07, 6.45) is 18.3. The normalized spacial score (nSPS) is 24.4. The molecule has 0 saturated carbocycles. The minimum atomic E-state index is -0.174. The standard InChI is InChI=1S/C16H26O2/c1-18-16(17)15-13-11-9-7-5-3-2-4-6-8-10-12-14-15/h9,11,13H,2-8,10,12,14H2,1H3/b11-9+,15-13+. The Balaban J connectivity index is 2.53. The molecule has 0 aromatic carbocycles. The van der Waals surface area contributed by atoms with E-state index in [1.807, 2.05) is 12.2 Å². The second-order valence-corrected chi connectivity index (χ2v) is 4.98. The van der Waals surface area contributed by atoms with Crippen LogP contribution in [-0.2, 0) is 9.53 Å². The molecular weight excluding hydrogens is 224 g/mol. The number of carbonyl (C=O) groups is 1. The van der Waals surface area contributed by atoms with E-state index in [2.05, 4.69) is 6.08 Å². The summed E-state index contributed by atoms with van der Waals surface area (Å²) < 4.78 is 4.82. The first-order valence-electron chi connectivity index (χ1n) is 7.28. The van der Waals surface area contributed by atoms with E-state index >= 15 is 0 Å². The first-order valence-corrected chi connectivity index (χ1v) is 7.28. The number of allylic oxidation sites excluding steroid dienone is 3. The Kier molecular flexibility index (Phi) is 8.28. The van der Waals surface area contributed by atoms with Crippen LogP contribution in [0, 0.1) is 0 Å². The Morgan fingerprint density at radius 2 is 1.61 bits per heavy atom. The number of methoxy groups -OCH3 is 1. The lowest BCUT2D eigenvalue weighted by Gasteiger charge is -2.06. The van der Waals surface area contributed by atoms with Gasteiger partial charge in [-0.25, -0.2) is 4.79 Å². The first kappa shape index (κ1) is 15.0. The smallest absolute Gasteiger partial charge is 0.333 e. The molecule has 0 saturated heterocycles. The minimum absolute atomic E-state index is 0.174. The Morgan fingerprint density at radius 3 is 2.28 bits per heavy atom. The molecule has 102 valence electrons. The average Bonchev–Trinajstić information content (AvgIpc) is 2.40. The average molecular weight is 250 g/mol. The Labute approximate surface area is 111 Å². The van der Waals surface area contributed by atoms with Gasteiger partial charge in [0, 0.05) is 5.57 Å². The van der Waals surface area contributed by atoms with Gasteiger partial charge in [-0.2, -0.15) is 0 Å². The van der Waals surface area contributed by atoms with E-state index in [0.717, 1.165) is 24.8 Å². The molecule has 0 aliphatic heterocycles. The Bertz CT molecular complexity index is 289. The molecule has 2 nitrogen and oxygen atoms in total. The van der Waals surface area contributed by atoms with Gasteiger partial charge in [0.15, 0.2) is 0 Å². The van der Waals surface area contributed by atoms with Gasteiger partial charge in [0.05, 0.1) is 7.11 Å². The van der Waals surface area contributed by atoms with Crippen molar-refractivity contribution in [3.8, 4) is 0 Å². The number of esters is 1. The molecule has 2 heteroatoms. The predicted octanol–water partition coefficient (Wildman–Crippen LogP) is 4.56.